The molecule has 0 aliphatic heterocycles. The Hall–Kier alpha value is -1.39. The van der Waals surface area contributed by atoms with E-state index < -0.39 is 10.0 Å². The Bertz CT molecular complexity index is 552. The first-order chi connectivity index (χ1) is 8.55. The van der Waals surface area contributed by atoms with Crippen molar-refractivity contribution in [1.29, 1.82) is 5.26 Å². The summed E-state index contributed by atoms with van der Waals surface area (Å²) >= 11 is 0. The number of aromatic nitrogens is 2. The van der Waals surface area contributed by atoms with Crippen LogP contribution in [0.4, 0.5) is 0 Å². The molecule has 98 valence electrons. The standard InChI is InChI=1S/C11H16N4O2S/c1-14-9-11(8-13-14)18(16,17)15(7-6-12)10-4-2-3-5-10/h8-10H,2-5,7H2,1H3. The first-order valence-corrected chi connectivity index (χ1v) is 7.37. The number of rotatable bonds is 4. The van der Waals surface area contributed by atoms with Crippen molar-refractivity contribution in [3.8, 4) is 6.07 Å². The lowest BCUT2D eigenvalue weighted by Gasteiger charge is -2.24. The van der Waals surface area contributed by atoms with Crippen molar-refractivity contribution in [2.45, 2.75) is 36.6 Å². The van der Waals surface area contributed by atoms with Crippen molar-refractivity contribution in [2.75, 3.05) is 6.54 Å². The van der Waals surface area contributed by atoms with Crippen LogP contribution in [0.5, 0.6) is 0 Å². The third kappa shape index (κ3) is 2.40. The van der Waals surface area contributed by atoms with Gasteiger partial charge in [-0.25, -0.2) is 8.42 Å². The number of sulfonamides is 1. The molecule has 0 saturated heterocycles. The maximum atomic E-state index is 12.4. The fourth-order valence-corrected chi connectivity index (χ4v) is 3.91. The van der Waals surface area contributed by atoms with E-state index in [0.29, 0.717) is 0 Å². The zero-order valence-corrected chi connectivity index (χ0v) is 11.1. The SMILES string of the molecule is Cn1cc(S(=O)(=O)N(CC#N)C2CCCC2)cn1. The number of nitriles is 1. The monoisotopic (exact) mass is 268 g/mol. The molecule has 0 aromatic carbocycles. The molecule has 0 radical (unpaired) electrons. The predicted molar refractivity (Wildman–Crippen MR) is 65.0 cm³/mol. The fraction of sp³-hybridized carbons (Fsp3) is 0.636. The third-order valence-electron chi connectivity index (χ3n) is 3.25. The van der Waals surface area contributed by atoms with Gasteiger partial charge in [-0.3, -0.25) is 4.68 Å². The van der Waals surface area contributed by atoms with Crippen LogP contribution in [0.1, 0.15) is 25.7 Å². The minimum absolute atomic E-state index is 0.0464. The van der Waals surface area contributed by atoms with E-state index in [9.17, 15) is 8.42 Å². The highest BCUT2D eigenvalue weighted by Gasteiger charge is 2.33. The van der Waals surface area contributed by atoms with Crippen LogP contribution in [0.3, 0.4) is 0 Å². The lowest BCUT2D eigenvalue weighted by molar-refractivity contribution is 0.350. The van der Waals surface area contributed by atoms with Crippen LogP contribution >= 0.6 is 0 Å². The smallest absolute Gasteiger partial charge is 0.247 e. The summed E-state index contributed by atoms with van der Waals surface area (Å²) in [6, 6.07) is 1.90. The summed E-state index contributed by atoms with van der Waals surface area (Å²) in [5.74, 6) is 0. The minimum Gasteiger partial charge on any atom is -0.274 e. The van der Waals surface area contributed by atoms with Gasteiger partial charge >= 0.3 is 0 Å². The molecule has 1 aromatic heterocycles. The molecule has 1 aromatic rings. The van der Waals surface area contributed by atoms with E-state index >= 15 is 0 Å². The van der Waals surface area contributed by atoms with Gasteiger partial charge < -0.3 is 0 Å². The molecule has 0 atom stereocenters. The van der Waals surface area contributed by atoms with Gasteiger partial charge in [0.2, 0.25) is 10.0 Å². The molecular weight excluding hydrogens is 252 g/mol. The average molecular weight is 268 g/mol. The second-order valence-corrected chi connectivity index (χ2v) is 6.39. The summed E-state index contributed by atoms with van der Waals surface area (Å²) in [6.45, 7) is -0.0953. The maximum Gasteiger partial charge on any atom is 0.247 e. The molecule has 1 heterocycles. The molecule has 6 nitrogen and oxygen atoms in total. The van der Waals surface area contributed by atoms with Crippen molar-refractivity contribution < 1.29 is 8.42 Å². The van der Waals surface area contributed by atoms with Crippen molar-refractivity contribution in [3.05, 3.63) is 12.4 Å². The highest BCUT2D eigenvalue weighted by molar-refractivity contribution is 7.89. The van der Waals surface area contributed by atoms with Gasteiger partial charge in [0, 0.05) is 19.3 Å². The highest BCUT2D eigenvalue weighted by atomic mass is 32.2. The Labute approximate surface area is 107 Å². The predicted octanol–water partition coefficient (Wildman–Crippen LogP) is 0.877. The molecule has 1 saturated carbocycles. The van der Waals surface area contributed by atoms with Crippen molar-refractivity contribution >= 4 is 10.0 Å². The molecule has 1 aliphatic carbocycles. The Balaban J connectivity index is 2.32. The Kier molecular flexibility index (Phi) is 3.68. The van der Waals surface area contributed by atoms with Gasteiger partial charge in [0.25, 0.3) is 0 Å². The van der Waals surface area contributed by atoms with Crippen molar-refractivity contribution in [3.63, 3.8) is 0 Å². The van der Waals surface area contributed by atoms with E-state index in [2.05, 4.69) is 5.10 Å². The van der Waals surface area contributed by atoms with Gasteiger partial charge in [0.15, 0.2) is 0 Å². The van der Waals surface area contributed by atoms with E-state index in [-0.39, 0.29) is 17.5 Å². The topological polar surface area (TPSA) is 79.0 Å². The molecule has 18 heavy (non-hydrogen) atoms. The Morgan fingerprint density at radius 1 is 1.56 bits per heavy atom. The second kappa shape index (κ2) is 5.08. The lowest BCUT2D eigenvalue weighted by atomic mass is 10.2. The average Bonchev–Trinajstić information content (AvgIpc) is 2.96. The van der Waals surface area contributed by atoms with Gasteiger partial charge in [-0.15, -0.1) is 0 Å². The van der Waals surface area contributed by atoms with Gasteiger partial charge in [-0.1, -0.05) is 12.8 Å². The molecule has 1 aliphatic rings. The van der Waals surface area contributed by atoms with Crippen LogP contribution in [0, 0.1) is 11.3 Å². The number of aryl methyl sites for hydroxylation is 1. The van der Waals surface area contributed by atoms with Crippen molar-refractivity contribution in [2.24, 2.45) is 7.05 Å². The van der Waals surface area contributed by atoms with Crippen LogP contribution in [-0.2, 0) is 17.1 Å². The van der Waals surface area contributed by atoms with E-state index in [1.54, 1.807) is 7.05 Å². The molecule has 0 N–H and O–H groups in total. The van der Waals surface area contributed by atoms with E-state index in [0.717, 1.165) is 25.7 Å². The summed E-state index contributed by atoms with van der Waals surface area (Å²) in [6.07, 6.45) is 6.51. The lowest BCUT2D eigenvalue weighted by Crippen LogP contribution is -2.38. The Morgan fingerprint density at radius 2 is 2.22 bits per heavy atom. The van der Waals surface area contributed by atoms with Crippen LogP contribution in [0.2, 0.25) is 0 Å². The molecule has 7 heteroatoms. The molecule has 0 spiro atoms. The molecule has 0 amide bonds. The van der Waals surface area contributed by atoms with Crippen LogP contribution in [0.25, 0.3) is 0 Å². The summed E-state index contributed by atoms with van der Waals surface area (Å²) in [5, 5.41) is 12.7. The van der Waals surface area contributed by atoms with Crippen LogP contribution in [0.15, 0.2) is 17.3 Å². The molecule has 2 rings (SSSR count). The highest BCUT2D eigenvalue weighted by Crippen LogP contribution is 2.28. The van der Waals surface area contributed by atoms with Gasteiger partial charge in [0.1, 0.15) is 11.4 Å². The first-order valence-electron chi connectivity index (χ1n) is 5.93. The normalized spacial score (nSPS) is 17.2. The summed E-state index contributed by atoms with van der Waals surface area (Å²) < 4.78 is 27.7. The molecular formula is C11H16N4O2S. The molecule has 0 bridgehead atoms. The summed E-state index contributed by atoms with van der Waals surface area (Å²) in [4.78, 5) is 0.159. The minimum atomic E-state index is -3.60. The molecule has 1 fully saturated rings. The largest absolute Gasteiger partial charge is 0.274 e. The number of hydrogen-bond donors (Lipinski definition) is 0. The Morgan fingerprint density at radius 3 is 2.72 bits per heavy atom. The van der Waals surface area contributed by atoms with E-state index in [1.165, 1.54) is 21.4 Å². The van der Waals surface area contributed by atoms with E-state index in [1.807, 2.05) is 6.07 Å². The zero-order chi connectivity index (χ0) is 13.2. The number of hydrogen-bond acceptors (Lipinski definition) is 4. The van der Waals surface area contributed by atoms with Gasteiger partial charge in [-0.05, 0) is 12.8 Å². The van der Waals surface area contributed by atoms with E-state index in [4.69, 9.17) is 5.26 Å². The quantitative estimate of drug-likeness (QED) is 0.759. The zero-order valence-electron chi connectivity index (χ0n) is 10.3. The van der Waals surface area contributed by atoms with Gasteiger partial charge in [0.05, 0.1) is 12.3 Å². The molecule has 0 unspecified atom stereocenters. The van der Waals surface area contributed by atoms with Crippen LogP contribution in [-0.4, -0.2) is 35.1 Å². The summed E-state index contributed by atoms with van der Waals surface area (Å²) in [5.41, 5.74) is 0. The number of nitrogens with zero attached hydrogens (tertiary/aromatic N) is 4. The third-order valence-corrected chi connectivity index (χ3v) is 5.10. The second-order valence-electron chi connectivity index (χ2n) is 4.50. The summed E-state index contributed by atoms with van der Waals surface area (Å²) in [7, 11) is -1.93. The maximum absolute atomic E-state index is 12.4. The van der Waals surface area contributed by atoms with Crippen LogP contribution < -0.4 is 0 Å². The fourth-order valence-electron chi connectivity index (χ4n) is 2.34. The van der Waals surface area contributed by atoms with Gasteiger partial charge in [-0.2, -0.15) is 14.7 Å². The first kappa shape index (κ1) is 13.1. The van der Waals surface area contributed by atoms with Crippen molar-refractivity contribution in [1.82, 2.24) is 14.1 Å².